The number of hydrogen-bond acceptors (Lipinski definition) is 6. The highest BCUT2D eigenvalue weighted by atomic mass is 16.5. The molecule has 0 saturated carbocycles. The first kappa shape index (κ1) is 21.8. The number of likely N-dealkylation sites (tertiary alicyclic amines) is 1. The quantitative estimate of drug-likeness (QED) is 0.631. The second-order valence-electron chi connectivity index (χ2n) is 8.60. The third kappa shape index (κ3) is 4.74. The molecule has 0 aliphatic carbocycles. The average molecular weight is 437 g/mol. The fraction of sp³-hybridized carbons (Fsp3) is 0.417. The van der Waals surface area contributed by atoms with Gasteiger partial charge in [-0.15, -0.1) is 0 Å². The van der Waals surface area contributed by atoms with Crippen molar-refractivity contribution in [1.82, 2.24) is 20.4 Å². The van der Waals surface area contributed by atoms with Gasteiger partial charge in [-0.3, -0.25) is 9.59 Å². The van der Waals surface area contributed by atoms with Crippen molar-refractivity contribution >= 4 is 11.8 Å². The predicted molar refractivity (Wildman–Crippen MR) is 118 cm³/mol. The molecule has 1 aliphatic heterocycles. The Balaban J connectivity index is 1.37. The Bertz CT molecular complexity index is 1070. The summed E-state index contributed by atoms with van der Waals surface area (Å²) in [6.07, 6.45) is 2.93. The molecule has 1 fully saturated rings. The highest BCUT2D eigenvalue weighted by Gasteiger charge is 2.33. The van der Waals surface area contributed by atoms with E-state index < -0.39 is 6.04 Å². The summed E-state index contributed by atoms with van der Waals surface area (Å²) in [4.78, 5) is 31.9. The number of piperidine rings is 1. The van der Waals surface area contributed by atoms with Gasteiger partial charge in [-0.1, -0.05) is 36.7 Å². The Hall–Kier alpha value is -3.42. The van der Waals surface area contributed by atoms with Gasteiger partial charge >= 0.3 is 0 Å². The van der Waals surface area contributed by atoms with Gasteiger partial charge < -0.3 is 19.2 Å². The molecule has 1 N–H and O–H groups in total. The number of aromatic nitrogens is 2. The number of hydrogen-bond donors (Lipinski definition) is 1. The van der Waals surface area contributed by atoms with E-state index >= 15 is 0 Å². The molecule has 8 nitrogen and oxygen atoms in total. The van der Waals surface area contributed by atoms with Crippen molar-refractivity contribution in [3.63, 3.8) is 0 Å². The molecule has 0 bridgehead atoms. The van der Waals surface area contributed by atoms with Crippen LogP contribution in [0.5, 0.6) is 0 Å². The van der Waals surface area contributed by atoms with Gasteiger partial charge in [-0.2, -0.15) is 4.98 Å². The van der Waals surface area contributed by atoms with Crippen molar-refractivity contribution in [2.24, 2.45) is 5.92 Å². The lowest BCUT2D eigenvalue weighted by Crippen LogP contribution is -2.52. The van der Waals surface area contributed by atoms with Crippen molar-refractivity contribution in [1.29, 1.82) is 0 Å². The summed E-state index contributed by atoms with van der Waals surface area (Å²) in [7, 11) is 0. The standard InChI is InChI=1S/C24H28N4O4/c1-15(2)20(25-22(29)19-8-5-13-31-19)24(30)28-11-9-17(10-12-28)21-26-23(32-27-21)18-7-4-6-16(3)14-18/h4-8,13-15,17,20H,9-12H2,1-3H3,(H,25,29). The van der Waals surface area contributed by atoms with Crippen LogP contribution in [0.3, 0.4) is 0 Å². The first-order valence-electron chi connectivity index (χ1n) is 11.0. The van der Waals surface area contributed by atoms with Gasteiger partial charge in [0.1, 0.15) is 6.04 Å². The number of nitrogens with one attached hydrogen (secondary N) is 1. The van der Waals surface area contributed by atoms with E-state index in [1.165, 1.54) is 6.26 Å². The lowest BCUT2D eigenvalue weighted by molar-refractivity contribution is -0.135. The van der Waals surface area contributed by atoms with E-state index in [9.17, 15) is 9.59 Å². The molecule has 2 amide bonds. The van der Waals surface area contributed by atoms with Crippen molar-refractivity contribution in [2.45, 2.75) is 45.6 Å². The van der Waals surface area contributed by atoms with E-state index in [2.05, 4.69) is 15.5 Å². The molecule has 168 valence electrons. The summed E-state index contributed by atoms with van der Waals surface area (Å²) in [5, 5.41) is 7.01. The highest BCUT2D eigenvalue weighted by molar-refractivity contribution is 5.95. The average Bonchev–Trinajstić information content (AvgIpc) is 3.49. The number of rotatable bonds is 6. The molecule has 1 aromatic carbocycles. The summed E-state index contributed by atoms with van der Waals surface area (Å²) >= 11 is 0. The van der Waals surface area contributed by atoms with E-state index in [0.29, 0.717) is 24.8 Å². The fourth-order valence-electron chi connectivity index (χ4n) is 3.98. The number of carbonyl (C=O) groups is 2. The number of furan rings is 1. The maximum Gasteiger partial charge on any atom is 0.287 e. The van der Waals surface area contributed by atoms with Crippen LogP contribution >= 0.6 is 0 Å². The monoisotopic (exact) mass is 436 g/mol. The third-order valence-corrected chi connectivity index (χ3v) is 5.84. The molecule has 1 aliphatic rings. The second-order valence-corrected chi connectivity index (χ2v) is 8.60. The molecule has 1 unspecified atom stereocenters. The molecule has 4 rings (SSSR count). The first-order chi connectivity index (χ1) is 15.4. The van der Waals surface area contributed by atoms with Gasteiger partial charge in [0.2, 0.25) is 5.91 Å². The number of amides is 2. The molecule has 0 radical (unpaired) electrons. The van der Waals surface area contributed by atoms with E-state index in [4.69, 9.17) is 8.94 Å². The largest absolute Gasteiger partial charge is 0.459 e. The Labute approximate surface area is 187 Å². The normalized spacial score (nSPS) is 15.7. The molecule has 8 heteroatoms. The van der Waals surface area contributed by atoms with Gasteiger partial charge in [0.05, 0.1) is 6.26 Å². The third-order valence-electron chi connectivity index (χ3n) is 5.84. The number of aryl methyl sites for hydroxylation is 1. The van der Waals surface area contributed by atoms with Gasteiger partial charge in [0.25, 0.3) is 11.8 Å². The zero-order valence-corrected chi connectivity index (χ0v) is 18.6. The Kier molecular flexibility index (Phi) is 6.39. The minimum absolute atomic E-state index is 0.0479. The maximum absolute atomic E-state index is 13.1. The van der Waals surface area contributed by atoms with Crippen molar-refractivity contribution in [3.8, 4) is 11.5 Å². The van der Waals surface area contributed by atoms with Gasteiger partial charge in [0.15, 0.2) is 11.6 Å². The smallest absolute Gasteiger partial charge is 0.287 e. The molecule has 0 spiro atoms. The Morgan fingerprint density at radius 2 is 1.94 bits per heavy atom. The second kappa shape index (κ2) is 9.38. The zero-order chi connectivity index (χ0) is 22.7. The molecule has 32 heavy (non-hydrogen) atoms. The van der Waals surface area contributed by atoms with E-state index in [1.807, 2.05) is 49.9 Å². The first-order valence-corrected chi connectivity index (χ1v) is 11.0. The van der Waals surface area contributed by atoms with E-state index in [0.717, 1.165) is 24.0 Å². The Morgan fingerprint density at radius 1 is 1.16 bits per heavy atom. The molecular formula is C24H28N4O4. The SMILES string of the molecule is Cc1cccc(-c2nc(C3CCN(C(=O)C(NC(=O)c4ccco4)C(C)C)CC3)no2)c1. The minimum atomic E-state index is -0.609. The van der Waals surface area contributed by atoms with E-state index in [-0.39, 0.29) is 29.4 Å². The van der Waals surface area contributed by atoms with Crippen LogP contribution in [0.1, 0.15) is 54.5 Å². The van der Waals surface area contributed by atoms with Crippen molar-refractivity contribution in [3.05, 3.63) is 59.8 Å². The lowest BCUT2D eigenvalue weighted by Gasteiger charge is -2.34. The molecular weight excluding hydrogens is 408 g/mol. The van der Waals surface area contributed by atoms with Crippen LogP contribution in [0.25, 0.3) is 11.5 Å². The topological polar surface area (TPSA) is 101 Å². The summed E-state index contributed by atoms with van der Waals surface area (Å²) in [5.41, 5.74) is 2.04. The van der Waals surface area contributed by atoms with Gasteiger partial charge in [0, 0.05) is 24.6 Å². The summed E-state index contributed by atoms with van der Waals surface area (Å²) in [6.45, 7) is 7.03. The predicted octanol–water partition coefficient (Wildman–Crippen LogP) is 3.80. The van der Waals surface area contributed by atoms with Gasteiger partial charge in [-0.25, -0.2) is 0 Å². The van der Waals surface area contributed by atoms with Crippen LogP contribution in [0, 0.1) is 12.8 Å². The van der Waals surface area contributed by atoms with Crippen LogP contribution in [-0.2, 0) is 4.79 Å². The fourth-order valence-corrected chi connectivity index (χ4v) is 3.98. The van der Waals surface area contributed by atoms with Gasteiger partial charge in [-0.05, 0) is 49.9 Å². The molecule has 3 aromatic rings. The zero-order valence-electron chi connectivity index (χ0n) is 18.6. The van der Waals surface area contributed by atoms with Crippen molar-refractivity contribution < 1.29 is 18.5 Å². The van der Waals surface area contributed by atoms with Crippen molar-refractivity contribution in [2.75, 3.05) is 13.1 Å². The lowest BCUT2D eigenvalue weighted by atomic mass is 9.94. The van der Waals surface area contributed by atoms with Crippen LogP contribution in [0.4, 0.5) is 0 Å². The number of benzene rings is 1. The maximum atomic E-state index is 13.1. The van der Waals surface area contributed by atoms with Crippen LogP contribution < -0.4 is 5.32 Å². The van der Waals surface area contributed by atoms with Crippen LogP contribution in [0.15, 0.2) is 51.6 Å². The minimum Gasteiger partial charge on any atom is -0.459 e. The molecule has 3 heterocycles. The summed E-state index contributed by atoms with van der Waals surface area (Å²) in [5.74, 6) is 1.02. The molecule has 1 atom stereocenters. The van der Waals surface area contributed by atoms with Crippen LogP contribution in [-0.4, -0.2) is 46.0 Å². The highest BCUT2D eigenvalue weighted by Crippen LogP contribution is 2.29. The number of nitrogens with zero attached hydrogens (tertiary/aromatic N) is 3. The summed E-state index contributed by atoms with van der Waals surface area (Å²) in [6, 6.07) is 10.6. The molecule has 2 aromatic heterocycles. The summed E-state index contributed by atoms with van der Waals surface area (Å²) < 4.78 is 10.6. The van der Waals surface area contributed by atoms with Crippen LogP contribution in [0.2, 0.25) is 0 Å². The van der Waals surface area contributed by atoms with E-state index in [1.54, 1.807) is 12.1 Å². The Morgan fingerprint density at radius 3 is 2.59 bits per heavy atom. The number of carbonyl (C=O) groups excluding carboxylic acids is 2. The molecule has 1 saturated heterocycles.